The number of rotatable bonds is 10. The van der Waals surface area contributed by atoms with E-state index in [4.69, 9.17) is 9.47 Å². The second-order valence-electron chi connectivity index (χ2n) is 5.93. The Labute approximate surface area is 157 Å². The van der Waals surface area contributed by atoms with Crippen molar-refractivity contribution in [1.82, 2.24) is 0 Å². The summed E-state index contributed by atoms with van der Waals surface area (Å²) in [6, 6.07) is 0. The van der Waals surface area contributed by atoms with Gasteiger partial charge in [0.05, 0.1) is 5.92 Å². The maximum Gasteiger partial charge on any atom is 0.519 e. The number of hydrogen-bond acceptors (Lipinski definition) is 8. The van der Waals surface area contributed by atoms with Crippen LogP contribution >= 0.6 is 21.6 Å². The molecule has 144 valence electrons. The van der Waals surface area contributed by atoms with Gasteiger partial charge in [-0.2, -0.15) is 0 Å². The quantitative estimate of drug-likeness (QED) is 0.174. The van der Waals surface area contributed by atoms with Crippen LogP contribution in [0.1, 0.15) is 65.7 Å². The molecular formula is C17H28O6S2. The standard InChI is InChI=1S/C17H28O6S2/c1-4-13(5-2)16(19)23-17(20)22-12(3)21-15(18)9-7-6-8-14-10-11-24-25-14/h12-14H,4-11H2,1-3H3/t12?,14-/m0/s1. The van der Waals surface area contributed by atoms with Crippen LogP contribution in [0.3, 0.4) is 0 Å². The number of unbranched alkanes of at least 4 members (excludes halogenated alkanes) is 1. The second-order valence-corrected chi connectivity index (χ2v) is 8.72. The number of carbonyl (C=O) groups is 3. The predicted molar refractivity (Wildman–Crippen MR) is 99.1 cm³/mol. The van der Waals surface area contributed by atoms with E-state index in [1.165, 1.54) is 19.1 Å². The maximum atomic E-state index is 11.7. The van der Waals surface area contributed by atoms with Crippen LogP contribution in [-0.4, -0.2) is 35.4 Å². The van der Waals surface area contributed by atoms with Crippen molar-refractivity contribution in [1.29, 1.82) is 0 Å². The van der Waals surface area contributed by atoms with Gasteiger partial charge in [-0.15, -0.1) is 0 Å². The minimum absolute atomic E-state index is 0.292. The zero-order valence-electron chi connectivity index (χ0n) is 15.2. The molecule has 25 heavy (non-hydrogen) atoms. The Morgan fingerprint density at radius 1 is 1.12 bits per heavy atom. The van der Waals surface area contributed by atoms with E-state index in [0.717, 1.165) is 19.3 Å². The molecule has 1 aliphatic heterocycles. The van der Waals surface area contributed by atoms with E-state index < -0.39 is 24.4 Å². The predicted octanol–water partition coefficient (Wildman–Crippen LogP) is 4.71. The maximum absolute atomic E-state index is 11.7. The first-order valence-corrected chi connectivity index (χ1v) is 11.2. The van der Waals surface area contributed by atoms with Crippen LogP contribution in [0.2, 0.25) is 0 Å². The molecular weight excluding hydrogens is 364 g/mol. The molecule has 8 heteroatoms. The van der Waals surface area contributed by atoms with Crippen LogP contribution in [0.25, 0.3) is 0 Å². The van der Waals surface area contributed by atoms with Crippen LogP contribution in [0, 0.1) is 5.92 Å². The van der Waals surface area contributed by atoms with Crippen LogP contribution in [0.5, 0.6) is 0 Å². The largest absolute Gasteiger partial charge is 0.519 e. The molecule has 2 atom stereocenters. The number of esters is 2. The third-order valence-electron chi connectivity index (χ3n) is 3.95. The molecule has 1 aliphatic rings. The van der Waals surface area contributed by atoms with Crippen LogP contribution < -0.4 is 0 Å². The van der Waals surface area contributed by atoms with Crippen molar-refractivity contribution in [3.8, 4) is 0 Å². The van der Waals surface area contributed by atoms with Gasteiger partial charge in [-0.25, -0.2) is 4.79 Å². The molecule has 0 saturated carbocycles. The van der Waals surface area contributed by atoms with Gasteiger partial charge in [0, 0.05) is 24.3 Å². The van der Waals surface area contributed by atoms with Gasteiger partial charge in [-0.1, -0.05) is 41.9 Å². The lowest BCUT2D eigenvalue weighted by atomic mass is 10.0. The molecule has 0 spiro atoms. The molecule has 0 aromatic heterocycles. The van der Waals surface area contributed by atoms with Crippen molar-refractivity contribution in [3.63, 3.8) is 0 Å². The fourth-order valence-corrected chi connectivity index (χ4v) is 5.45. The van der Waals surface area contributed by atoms with Crippen molar-refractivity contribution in [2.24, 2.45) is 5.92 Å². The summed E-state index contributed by atoms with van der Waals surface area (Å²) < 4.78 is 14.4. The molecule has 0 N–H and O–H groups in total. The summed E-state index contributed by atoms with van der Waals surface area (Å²) in [5.41, 5.74) is 0. The molecule has 1 saturated heterocycles. The molecule has 1 unspecified atom stereocenters. The van der Waals surface area contributed by atoms with Gasteiger partial charge in [0.1, 0.15) is 0 Å². The van der Waals surface area contributed by atoms with Gasteiger partial charge < -0.3 is 14.2 Å². The Balaban J connectivity index is 2.14. The summed E-state index contributed by atoms with van der Waals surface area (Å²) >= 11 is 0. The van der Waals surface area contributed by atoms with Crippen molar-refractivity contribution < 1.29 is 28.6 Å². The summed E-state index contributed by atoms with van der Waals surface area (Å²) in [5.74, 6) is -0.152. The van der Waals surface area contributed by atoms with Gasteiger partial charge in [-0.05, 0) is 32.1 Å². The first kappa shape index (κ1) is 22.2. The van der Waals surface area contributed by atoms with Gasteiger partial charge in [0.25, 0.3) is 0 Å². The van der Waals surface area contributed by atoms with Gasteiger partial charge in [-0.3, -0.25) is 9.59 Å². The van der Waals surface area contributed by atoms with E-state index in [0.29, 0.717) is 24.5 Å². The van der Waals surface area contributed by atoms with Crippen LogP contribution in [0.4, 0.5) is 4.79 Å². The number of carbonyl (C=O) groups excluding carboxylic acids is 3. The van der Waals surface area contributed by atoms with Crippen molar-refractivity contribution in [3.05, 3.63) is 0 Å². The fraction of sp³-hybridized carbons (Fsp3) is 0.824. The van der Waals surface area contributed by atoms with E-state index in [9.17, 15) is 14.4 Å². The Bertz CT molecular complexity index is 433. The summed E-state index contributed by atoms with van der Waals surface area (Å²) in [6.45, 7) is 5.11. The van der Waals surface area contributed by atoms with Crippen LogP contribution in [-0.2, 0) is 23.8 Å². The van der Waals surface area contributed by atoms with Crippen LogP contribution in [0.15, 0.2) is 0 Å². The monoisotopic (exact) mass is 392 g/mol. The Morgan fingerprint density at radius 3 is 2.44 bits per heavy atom. The Hall–Kier alpha value is -0.890. The molecule has 0 aromatic rings. The van der Waals surface area contributed by atoms with Gasteiger partial charge in [0.2, 0.25) is 6.29 Å². The SMILES string of the molecule is CCC(CC)C(=O)OC(=O)OC(C)OC(=O)CCCC[C@H]1CCSS1. The molecule has 0 bridgehead atoms. The number of hydrogen-bond donors (Lipinski definition) is 0. The molecule has 0 radical (unpaired) electrons. The van der Waals surface area contributed by atoms with Crippen molar-refractivity contribution >= 4 is 39.7 Å². The zero-order valence-corrected chi connectivity index (χ0v) is 16.8. The lowest BCUT2D eigenvalue weighted by Gasteiger charge is -2.15. The highest BCUT2D eigenvalue weighted by molar-refractivity contribution is 8.77. The molecule has 1 heterocycles. The molecule has 0 aromatic carbocycles. The fourth-order valence-electron chi connectivity index (χ4n) is 2.42. The minimum Gasteiger partial charge on any atom is -0.425 e. The average Bonchev–Trinajstić information content (AvgIpc) is 3.05. The average molecular weight is 393 g/mol. The van der Waals surface area contributed by atoms with Gasteiger partial charge in [0.15, 0.2) is 0 Å². The molecule has 1 fully saturated rings. The lowest BCUT2D eigenvalue weighted by Crippen LogP contribution is -2.26. The Morgan fingerprint density at radius 2 is 1.84 bits per heavy atom. The third-order valence-corrected chi connectivity index (χ3v) is 6.95. The van der Waals surface area contributed by atoms with E-state index in [1.807, 2.05) is 35.4 Å². The Kier molecular flexibility index (Phi) is 11.0. The number of ether oxygens (including phenoxy) is 3. The second kappa shape index (κ2) is 12.5. The minimum atomic E-state index is -1.13. The summed E-state index contributed by atoms with van der Waals surface area (Å²) in [5, 5.41) is 0.700. The topological polar surface area (TPSA) is 78.9 Å². The highest BCUT2D eigenvalue weighted by Gasteiger charge is 2.23. The smallest absolute Gasteiger partial charge is 0.425 e. The molecule has 1 rings (SSSR count). The lowest BCUT2D eigenvalue weighted by molar-refractivity contribution is -0.170. The first-order valence-electron chi connectivity index (χ1n) is 8.86. The zero-order chi connectivity index (χ0) is 18.7. The van der Waals surface area contributed by atoms with Crippen molar-refractivity contribution in [2.75, 3.05) is 5.75 Å². The summed E-state index contributed by atoms with van der Waals surface area (Å²) in [7, 11) is 3.84. The van der Waals surface area contributed by atoms with E-state index in [1.54, 1.807) is 0 Å². The molecule has 0 amide bonds. The highest BCUT2D eigenvalue weighted by Crippen LogP contribution is 2.39. The molecule has 0 aliphatic carbocycles. The third kappa shape index (κ3) is 9.39. The van der Waals surface area contributed by atoms with E-state index >= 15 is 0 Å². The first-order chi connectivity index (χ1) is 12.0. The van der Waals surface area contributed by atoms with E-state index in [-0.39, 0.29) is 5.92 Å². The summed E-state index contributed by atoms with van der Waals surface area (Å²) in [6.07, 6.45) is 3.35. The normalized spacial score (nSPS) is 18.0. The molecule has 6 nitrogen and oxygen atoms in total. The highest BCUT2D eigenvalue weighted by atomic mass is 33.1. The summed E-state index contributed by atoms with van der Waals surface area (Å²) in [4.78, 5) is 34.9. The van der Waals surface area contributed by atoms with E-state index in [2.05, 4.69) is 4.74 Å². The van der Waals surface area contributed by atoms with Crippen molar-refractivity contribution in [2.45, 2.75) is 77.3 Å². The van der Waals surface area contributed by atoms with Gasteiger partial charge >= 0.3 is 18.1 Å².